The quantitative estimate of drug-likeness (QED) is 0.389. The predicted molar refractivity (Wildman–Crippen MR) is 144 cm³/mol. The Balaban J connectivity index is 1.48. The second-order valence-corrected chi connectivity index (χ2v) is 10.3. The second-order valence-electron chi connectivity index (χ2n) is 9.43. The molecule has 0 unspecified atom stereocenters. The number of rotatable bonds is 5. The van der Waals surface area contributed by atoms with Crippen molar-refractivity contribution in [2.45, 2.75) is 58.8 Å². The Labute approximate surface area is 210 Å². The second kappa shape index (κ2) is 9.48. The molecule has 4 heterocycles. The molecule has 3 atom stereocenters. The smallest absolute Gasteiger partial charge is 0.252 e. The third kappa shape index (κ3) is 4.24. The minimum Gasteiger partial charge on any atom is -0.364 e. The standard InChI is InChI=1S/C27H32N6OS/c1-6-8-11-31-16-24-27(29-31)23(13-26(34)30(24)5)32-15-21(7-2)33(14-18(32)3)19(4)20-9-10-22-25(12-20)35-17-28-22/h9-10,12-13,16-19,21H,7,11,14-15H2,1-5H3/t18-,19+,21+/m0/s1. The molecule has 0 spiro atoms. The van der Waals surface area contributed by atoms with Gasteiger partial charge in [0.1, 0.15) is 12.1 Å². The van der Waals surface area contributed by atoms with E-state index in [1.807, 2.05) is 30.4 Å². The van der Waals surface area contributed by atoms with Gasteiger partial charge in [-0.2, -0.15) is 5.10 Å². The third-order valence-corrected chi connectivity index (χ3v) is 8.15. The van der Waals surface area contributed by atoms with Gasteiger partial charge < -0.3 is 9.47 Å². The number of fused-ring (bicyclic) bond motifs is 2. The van der Waals surface area contributed by atoms with E-state index in [4.69, 9.17) is 5.10 Å². The molecule has 0 bridgehead atoms. The minimum atomic E-state index is -0.0115. The molecular formula is C27H32N6OS. The summed E-state index contributed by atoms with van der Waals surface area (Å²) >= 11 is 1.69. The minimum absolute atomic E-state index is 0.0115. The normalized spacial score (nSPS) is 19.7. The summed E-state index contributed by atoms with van der Waals surface area (Å²) in [5.41, 5.74) is 6.93. The lowest BCUT2D eigenvalue weighted by Crippen LogP contribution is -2.58. The number of pyridine rings is 1. The number of aromatic nitrogens is 4. The van der Waals surface area contributed by atoms with Gasteiger partial charge in [0.05, 0.1) is 33.1 Å². The van der Waals surface area contributed by atoms with Crippen LogP contribution < -0.4 is 10.5 Å². The summed E-state index contributed by atoms with van der Waals surface area (Å²) in [7, 11) is 1.81. The maximum Gasteiger partial charge on any atom is 0.252 e. The lowest BCUT2D eigenvalue weighted by Gasteiger charge is -2.48. The number of benzene rings is 1. The van der Waals surface area contributed by atoms with Crippen LogP contribution in [0, 0.1) is 11.8 Å². The van der Waals surface area contributed by atoms with E-state index >= 15 is 0 Å². The molecule has 3 aromatic heterocycles. The van der Waals surface area contributed by atoms with E-state index in [0.29, 0.717) is 18.6 Å². The first-order valence-electron chi connectivity index (χ1n) is 12.2. The van der Waals surface area contributed by atoms with Crippen LogP contribution in [0.3, 0.4) is 0 Å². The molecule has 0 aliphatic carbocycles. The molecule has 1 aromatic carbocycles. The van der Waals surface area contributed by atoms with Crippen LogP contribution in [0.5, 0.6) is 0 Å². The molecule has 1 aliphatic rings. The average molecular weight is 489 g/mol. The first-order chi connectivity index (χ1) is 16.9. The van der Waals surface area contributed by atoms with Gasteiger partial charge in [0.25, 0.3) is 5.56 Å². The highest BCUT2D eigenvalue weighted by molar-refractivity contribution is 7.16. The lowest BCUT2D eigenvalue weighted by atomic mass is 9.98. The van der Waals surface area contributed by atoms with Gasteiger partial charge in [0.15, 0.2) is 0 Å². The van der Waals surface area contributed by atoms with Crippen molar-refractivity contribution in [1.82, 2.24) is 24.2 Å². The van der Waals surface area contributed by atoms with E-state index in [1.54, 1.807) is 22.0 Å². The SMILES string of the molecule is CC#CCn1cc2c(n1)c(N1C[C@@H](CC)N([C@H](C)c3ccc4ncsc4c3)C[C@@H]1C)cc(=O)n2C. The summed E-state index contributed by atoms with van der Waals surface area (Å²) in [4.78, 5) is 22.3. The highest BCUT2D eigenvalue weighted by atomic mass is 32.1. The van der Waals surface area contributed by atoms with Crippen molar-refractivity contribution in [3.63, 3.8) is 0 Å². The van der Waals surface area contributed by atoms with Gasteiger partial charge in [-0.3, -0.25) is 14.4 Å². The zero-order valence-electron chi connectivity index (χ0n) is 21.0. The Bertz CT molecular complexity index is 1490. The molecule has 4 aromatic rings. The van der Waals surface area contributed by atoms with Crippen LogP contribution in [0.1, 0.15) is 45.7 Å². The molecule has 1 aliphatic heterocycles. The Morgan fingerprint density at radius 1 is 1.26 bits per heavy atom. The van der Waals surface area contributed by atoms with Gasteiger partial charge in [-0.05, 0) is 44.9 Å². The van der Waals surface area contributed by atoms with Gasteiger partial charge >= 0.3 is 0 Å². The molecule has 0 saturated carbocycles. The number of nitrogens with zero attached hydrogens (tertiary/aromatic N) is 6. The predicted octanol–water partition coefficient (Wildman–Crippen LogP) is 4.42. The molecule has 7 nitrogen and oxygen atoms in total. The van der Waals surface area contributed by atoms with Crippen molar-refractivity contribution in [3.8, 4) is 11.8 Å². The zero-order chi connectivity index (χ0) is 24.7. The van der Waals surface area contributed by atoms with E-state index < -0.39 is 0 Å². The zero-order valence-corrected chi connectivity index (χ0v) is 21.8. The molecule has 182 valence electrons. The average Bonchev–Trinajstić information content (AvgIpc) is 3.51. The first-order valence-corrected chi connectivity index (χ1v) is 13.1. The van der Waals surface area contributed by atoms with Crippen LogP contribution in [0.25, 0.3) is 21.3 Å². The molecule has 35 heavy (non-hydrogen) atoms. The van der Waals surface area contributed by atoms with Crippen molar-refractivity contribution >= 4 is 38.3 Å². The van der Waals surface area contributed by atoms with Crippen molar-refractivity contribution in [2.75, 3.05) is 18.0 Å². The Hall–Kier alpha value is -3.15. The van der Waals surface area contributed by atoms with Crippen molar-refractivity contribution in [3.05, 3.63) is 51.9 Å². The highest BCUT2D eigenvalue weighted by Crippen LogP contribution is 2.34. The van der Waals surface area contributed by atoms with Gasteiger partial charge in [-0.25, -0.2) is 4.98 Å². The fourth-order valence-electron chi connectivity index (χ4n) is 5.26. The highest BCUT2D eigenvalue weighted by Gasteiger charge is 2.35. The molecule has 0 radical (unpaired) electrons. The molecule has 1 fully saturated rings. The molecular weight excluding hydrogens is 456 g/mol. The van der Waals surface area contributed by atoms with E-state index in [0.717, 1.165) is 41.7 Å². The van der Waals surface area contributed by atoms with E-state index in [-0.39, 0.29) is 11.6 Å². The van der Waals surface area contributed by atoms with Crippen LogP contribution >= 0.6 is 11.3 Å². The number of aryl methyl sites for hydroxylation is 1. The fraction of sp³-hybridized carbons (Fsp3) is 0.444. The first kappa shape index (κ1) is 23.6. The summed E-state index contributed by atoms with van der Waals surface area (Å²) in [5.74, 6) is 5.99. The van der Waals surface area contributed by atoms with Gasteiger partial charge in [-0.1, -0.05) is 18.9 Å². The maximum absolute atomic E-state index is 12.9. The molecule has 0 N–H and O–H groups in total. The van der Waals surface area contributed by atoms with Crippen LogP contribution in [-0.4, -0.2) is 49.4 Å². The number of hydrogen-bond donors (Lipinski definition) is 0. The van der Waals surface area contributed by atoms with Crippen molar-refractivity contribution < 1.29 is 0 Å². The largest absolute Gasteiger partial charge is 0.364 e. The fourth-order valence-corrected chi connectivity index (χ4v) is 5.99. The van der Waals surface area contributed by atoms with Crippen LogP contribution in [0.4, 0.5) is 5.69 Å². The van der Waals surface area contributed by atoms with Crippen molar-refractivity contribution in [2.24, 2.45) is 7.05 Å². The summed E-state index contributed by atoms with van der Waals surface area (Å²) in [6.07, 6.45) is 2.96. The lowest BCUT2D eigenvalue weighted by molar-refractivity contribution is 0.106. The van der Waals surface area contributed by atoms with Gasteiger partial charge in [0, 0.05) is 44.3 Å². The maximum atomic E-state index is 12.9. The molecule has 5 rings (SSSR count). The molecule has 8 heteroatoms. The van der Waals surface area contributed by atoms with Gasteiger partial charge in [-0.15, -0.1) is 17.3 Å². The van der Waals surface area contributed by atoms with Crippen molar-refractivity contribution in [1.29, 1.82) is 0 Å². The summed E-state index contributed by atoms with van der Waals surface area (Å²) in [6, 6.07) is 9.30. The van der Waals surface area contributed by atoms with E-state index in [2.05, 4.69) is 65.6 Å². The number of piperazine rings is 1. The third-order valence-electron chi connectivity index (χ3n) is 7.35. The summed E-state index contributed by atoms with van der Waals surface area (Å²) < 4.78 is 4.75. The Morgan fingerprint density at radius 3 is 2.86 bits per heavy atom. The molecule has 0 amide bonds. The van der Waals surface area contributed by atoms with Crippen LogP contribution in [-0.2, 0) is 13.6 Å². The number of thiazole rings is 1. The number of anilines is 1. The Kier molecular flexibility index (Phi) is 6.39. The summed E-state index contributed by atoms with van der Waals surface area (Å²) in [6.45, 7) is 10.9. The van der Waals surface area contributed by atoms with E-state index in [1.165, 1.54) is 10.3 Å². The van der Waals surface area contributed by atoms with Crippen LogP contribution in [0.2, 0.25) is 0 Å². The monoisotopic (exact) mass is 488 g/mol. The van der Waals surface area contributed by atoms with Gasteiger partial charge in [0.2, 0.25) is 0 Å². The number of hydrogen-bond acceptors (Lipinski definition) is 6. The topological polar surface area (TPSA) is 59.2 Å². The molecule has 1 saturated heterocycles. The Morgan fingerprint density at radius 2 is 2.09 bits per heavy atom. The van der Waals surface area contributed by atoms with E-state index in [9.17, 15) is 4.79 Å². The summed E-state index contributed by atoms with van der Waals surface area (Å²) in [5, 5.41) is 4.83. The van der Waals surface area contributed by atoms with Crippen LogP contribution in [0.15, 0.2) is 40.8 Å².